The van der Waals surface area contributed by atoms with Crippen LogP contribution in [0.25, 0.3) is 10.1 Å². The number of phenolic OH excluding ortho intramolecular Hbond substituents is 1. The van der Waals surface area contributed by atoms with Gasteiger partial charge in [0.05, 0.1) is 4.70 Å². The number of hydrogen-bond donors (Lipinski definition) is 2. The third kappa shape index (κ3) is 1.14. The van der Waals surface area contributed by atoms with E-state index in [4.69, 9.17) is 0 Å². The monoisotopic (exact) mass is 260 g/mol. The smallest absolute Gasteiger partial charge is 0.133 e. The number of phenols is 1. The molecule has 0 saturated carbocycles. The van der Waals surface area contributed by atoms with Gasteiger partial charge in [-0.05, 0) is 12.1 Å². The highest BCUT2D eigenvalue weighted by atomic mass is 79.9. The summed E-state index contributed by atoms with van der Waals surface area (Å²) in [6, 6.07) is 3.50. The van der Waals surface area contributed by atoms with Crippen LogP contribution in [0.1, 0.15) is 0 Å². The maximum Gasteiger partial charge on any atom is 0.133 e. The standard InChI is InChI=1S/C8H5BrOS2/c9-4-1-2-5(10)8-7(4)6(11)3-12-8/h1-3,10-11H. The molecule has 62 valence electrons. The summed E-state index contributed by atoms with van der Waals surface area (Å²) < 4.78 is 1.86. The molecule has 0 spiro atoms. The highest BCUT2D eigenvalue weighted by molar-refractivity contribution is 9.10. The first-order chi connectivity index (χ1) is 5.70. The lowest BCUT2D eigenvalue weighted by molar-refractivity contribution is 0.482. The minimum atomic E-state index is 0.318. The average molecular weight is 261 g/mol. The number of thiophene rings is 1. The van der Waals surface area contributed by atoms with Gasteiger partial charge in [-0.3, -0.25) is 0 Å². The maximum atomic E-state index is 9.46. The van der Waals surface area contributed by atoms with Gasteiger partial charge in [0.15, 0.2) is 0 Å². The van der Waals surface area contributed by atoms with Gasteiger partial charge in [-0.25, -0.2) is 0 Å². The van der Waals surface area contributed by atoms with Crippen LogP contribution in [0.5, 0.6) is 5.75 Å². The molecular formula is C8H5BrOS2. The van der Waals surface area contributed by atoms with Gasteiger partial charge in [-0.15, -0.1) is 24.0 Å². The molecule has 0 amide bonds. The van der Waals surface area contributed by atoms with E-state index in [1.807, 2.05) is 11.4 Å². The molecule has 0 fully saturated rings. The quantitative estimate of drug-likeness (QED) is 0.693. The Morgan fingerprint density at radius 1 is 1.42 bits per heavy atom. The van der Waals surface area contributed by atoms with Crippen molar-refractivity contribution < 1.29 is 5.11 Å². The van der Waals surface area contributed by atoms with Crippen LogP contribution in [0.2, 0.25) is 0 Å². The highest BCUT2D eigenvalue weighted by Crippen LogP contribution is 2.39. The zero-order chi connectivity index (χ0) is 8.72. The Hall–Kier alpha value is -0.190. The molecule has 1 heterocycles. The van der Waals surface area contributed by atoms with E-state index < -0.39 is 0 Å². The normalized spacial score (nSPS) is 10.8. The Morgan fingerprint density at radius 3 is 2.83 bits per heavy atom. The van der Waals surface area contributed by atoms with Gasteiger partial charge in [0.2, 0.25) is 0 Å². The largest absolute Gasteiger partial charge is 0.506 e. The van der Waals surface area contributed by atoms with Crippen LogP contribution in [0.3, 0.4) is 0 Å². The third-order valence-electron chi connectivity index (χ3n) is 1.63. The van der Waals surface area contributed by atoms with E-state index in [9.17, 15) is 5.11 Å². The van der Waals surface area contributed by atoms with Crippen LogP contribution in [0.15, 0.2) is 26.9 Å². The Kier molecular flexibility index (Phi) is 2.06. The van der Waals surface area contributed by atoms with E-state index in [-0.39, 0.29) is 0 Å². The first kappa shape index (κ1) is 8.41. The molecule has 4 heteroatoms. The zero-order valence-corrected chi connectivity index (χ0v) is 9.21. The third-order valence-corrected chi connectivity index (χ3v) is 3.82. The number of thiol groups is 1. The lowest BCUT2D eigenvalue weighted by atomic mass is 10.2. The molecule has 2 rings (SSSR count). The fraction of sp³-hybridized carbons (Fsp3) is 0. The highest BCUT2D eigenvalue weighted by Gasteiger charge is 2.07. The molecule has 1 aromatic heterocycles. The van der Waals surface area contributed by atoms with Crippen molar-refractivity contribution in [1.29, 1.82) is 0 Å². The van der Waals surface area contributed by atoms with Crippen molar-refractivity contribution in [2.75, 3.05) is 0 Å². The summed E-state index contributed by atoms with van der Waals surface area (Å²) in [5.41, 5.74) is 0. The lowest BCUT2D eigenvalue weighted by Crippen LogP contribution is -1.69. The molecule has 1 nitrogen and oxygen atoms in total. The SMILES string of the molecule is Oc1ccc(Br)c2c(S)csc12. The predicted molar refractivity (Wildman–Crippen MR) is 58.4 cm³/mol. The van der Waals surface area contributed by atoms with Crippen LogP contribution in [-0.2, 0) is 0 Å². The number of halogens is 1. The fourth-order valence-corrected chi connectivity index (χ4v) is 3.25. The number of aromatic hydroxyl groups is 1. The topological polar surface area (TPSA) is 20.2 Å². The van der Waals surface area contributed by atoms with Crippen LogP contribution in [-0.4, -0.2) is 5.11 Å². The second-order valence-electron chi connectivity index (χ2n) is 2.39. The molecule has 0 saturated heterocycles. The molecule has 1 aromatic carbocycles. The van der Waals surface area contributed by atoms with Gasteiger partial charge in [0, 0.05) is 20.1 Å². The summed E-state index contributed by atoms with van der Waals surface area (Å²) in [6.45, 7) is 0. The molecule has 2 aromatic rings. The summed E-state index contributed by atoms with van der Waals surface area (Å²) in [4.78, 5) is 0.901. The molecule has 0 bridgehead atoms. The number of fused-ring (bicyclic) bond motifs is 1. The van der Waals surface area contributed by atoms with Gasteiger partial charge in [-0.1, -0.05) is 15.9 Å². The molecular weight excluding hydrogens is 256 g/mol. The lowest BCUT2D eigenvalue weighted by Gasteiger charge is -1.97. The maximum absolute atomic E-state index is 9.46. The van der Waals surface area contributed by atoms with Crippen molar-refractivity contribution >= 4 is 50.0 Å². The summed E-state index contributed by atoms with van der Waals surface area (Å²) in [5, 5.41) is 12.4. The first-order valence-corrected chi connectivity index (χ1v) is 5.40. The van der Waals surface area contributed by atoms with E-state index >= 15 is 0 Å². The van der Waals surface area contributed by atoms with Crippen molar-refractivity contribution in [3.63, 3.8) is 0 Å². The molecule has 1 N–H and O–H groups in total. The molecule has 0 radical (unpaired) electrons. The minimum Gasteiger partial charge on any atom is -0.506 e. The minimum absolute atomic E-state index is 0.318. The van der Waals surface area contributed by atoms with Crippen LogP contribution < -0.4 is 0 Å². The molecule has 0 atom stereocenters. The van der Waals surface area contributed by atoms with Crippen molar-refractivity contribution in [3.8, 4) is 5.75 Å². The van der Waals surface area contributed by atoms with Crippen molar-refractivity contribution in [2.24, 2.45) is 0 Å². The van der Waals surface area contributed by atoms with Crippen LogP contribution in [0.4, 0.5) is 0 Å². The summed E-state index contributed by atoms with van der Waals surface area (Å²) in [6.07, 6.45) is 0. The van der Waals surface area contributed by atoms with E-state index in [2.05, 4.69) is 28.6 Å². The molecule has 0 aliphatic heterocycles. The Balaban J connectivity index is 2.98. The number of benzene rings is 1. The zero-order valence-electron chi connectivity index (χ0n) is 5.91. The predicted octanol–water partition coefficient (Wildman–Crippen LogP) is 3.66. The second kappa shape index (κ2) is 2.94. The van der Waals surface area contributed by atoms with Gasteiger partial charge < -0.3 is 5.11 Å². The van der Waals surface area contributed by atoms with Gasteiger partial charge in [0.1, 0.15) is 5.75 Å². The van der Waals surface area contributed by atoms with E-state index in [0.717, 1.165) is 19.5 Å². The fourth-order valence-electron chi connectivity index (χ4n) is 1.08. The number of rotatable bonds is 0. The molecule has 0 aliphatic carbocycles. The van der Waals surface area contributed by atoms with Crippen molar-refractivity contribution in [3.05, 3.63) is 22.0 Å². The Bertz CT molecular complexity index is 436. The van der Waals surface area contributed by atoms with Gasteiger partial charge >= 0.3 is 0 Å². The molecule has 0 unspecified atom stereocenters. The average Bonchev–Trinajstić information content (AvgIpc) is 2.42. The summed E-state index contributed by atoms with van der Waals surface area (Å²) in [5.74, 6) is 0.318. The van der Waals surface area contributed by atoms with E-state index in [1.54, 1.807) is 6.07 Å². The van der Waals surface area contributed by atoms with Crippen LogP contribution >= 0.6 is 39.9 Å². The van der Waals surface area contributed by atoms with E-state index in [0.29, 0.717) is 5.75 Å². The van der Waals surface area contributed by atoms with Crippen molar-refractivity contribution in [1.82, 2.24) is 0 Å². The van der Waals surface area contributed by atoms with E-state index in [1.165, 1.54) is 11.3 Å². The summed E-state index contributed by atoms with van der Waals surface area (Å²) >= 11 is 9.19. The summed E-state index contributed by atoms with van der Waals surface area (Å²) in [7, 11) is 0. The van der Waals surface area contributed by atoms with Gasteiger partial charge in [0.25, 0.3) is 0 Å². The second-order valence-corrected chi connectivity index (χ2v) is 4.61. The van der Waals surface area contributed by atoms with Crippen LogP contribution in [0, 0.1) is 0 Å². The molecule has 0 aliphatic rings. The number of hydrogen-bond acceptors (Lipinski definition) is 3. The first-order valence-electron chi connectivity index (χ1n) is 3.28. The Morgan fingerprint density at radius 2 is 2.17 bits per heavy atom. The van der Waals surface area contributed by atoms with Gasteiger partial charge in [-0.2, -0.15) is 0 Å². The van der Waals surface area contributed by atoms with Crippen molar-refractivity contribution in [2.45, 2.75) is 4.90 Å². The Labute approximate surface area is 87.6 Å². The molecule has 12 heavy (non-hydrogen) atoms.